The number of benzene rings is 1. The minimum atomic E-state index is 0.351. The van der Waals surface area contributed by atoms with E-state index in [1.807, 2.05) is 18.2 Å². The van der Waals surface area contributed by atoms with Gasteiger partial charge in [0.25, 0.3) is 0 Å². The smallest absolute Gasteiger partial charge is 0.173 e. The zero-order valence-corrected chi connectivity index (χ0v) is 14.7. The van der Waals surface area contributed by atoms with Crippen LogP contribution in [0.1, 0.15) is 37.9 Å². The van der Waals surface area contributed by atoms with Crippen LogP contribution < -0.4 is 5.32 Å². The van der Waals surface area contributed by atoms with Crippen LogP contribution >= 0.6 is 12.2 Å². The van der Waals surface area contributed by atoms with Crippen LogP contribution in [0.5, 0.6) is 0 Å². The Labute approximate surface area is 144 Å². The van der Waals surface area contributed by atoms with Crippen LogP contribution in [0.4, 0.5) is 5.69 Å². The topological polar surface area (TPSA) is 20.2 Å². The minimum absolute atomic E-state index is 0.351. The van der Waals surface area contributed by atoms with E-state index in [-0.39, 0.29) is 0 Å². The molecular formula is C19H25N3S. The molecule has 0 aliphatic carbocycles. The number of thiocarbonyl (C=S) groups is 1. The average molecular weight is 327 g/mol. The van der Waals surface area contributed by atoms with Crippen molar-refractivity contribution in [2.75, 3.05) is 11.9 Å². The van der Waals surface area contributed by atoms with Gasteiger partial charge in [0.1, 0.15) is 0 Å². The lowest BCUT2D eigenvalue weighted by Gasteiger charge is -2.33. The van der Waals surface area contributed by atoms with Crippen LogP contribution in [0.15, 0.2) is 48.7 Å². The molecule has 0 spiro atoms. The van der Waals surface area contributed by atoms with Crippen molar-refractivity contribution < 1.29 is 0 Å². The Bertz CT molecular complexity index is 650. The number of aryl methyl sites for hydroxylation is 1. The highest BCUT2D eigenvalue weighted by atomic mass is 32.1. The first kappa shape index (κ1) is 16.1. The highest BCUT2D eigenvalue weighted by molar-refractivity contribution is 7.80. The molecule has 2 atom stereocenters. The molecule has 2 heterocycles. The lowest BCUT2D eigenvalue weighted by molar-refractivity contribution is 0.314. The van der Waals surface area contributed by atoms with Gasteiger partial charge < -0.3 is 14.8 Å². The number of para-hydroxylation sites is 1. The molecule has 1 aliphatic heterocycles. The van der Waals surface area contributed by atoms with Crippen molar-refractivity contribution in [2.45, 2.75) is 32.2 Å². The fraction of sp³-hybridized carbons (Fsp3) is 0.421. The molecule has 1 aromatic carbocycles. The normalized spacial score (nSPS) is 21.7. The van der Waals surface area contributed by atoms with Gasteiger partial charge >= 0.3 is 0 Å². The molecule has 122 valence electrons. The third-order valence-corrected chi connectivity index (χ3v) is 5.12. The van der Waals surface area contributed by atoms with Crippen molar-refractivity contribution in [3.05, 3.63) is 54.4 Å². The molecule has 2 unspecified atom stereocenters. The number of nitrogens with zero attached hydrogens (tertiary/aromatic N) is 2. The molecule has 1 aromatic heterocycles. The molecule has 0 amide bonds. The predicted molar refractivity (Wildman–Crippen MR) is 101 cm³/mol. The van der Waals surface area contributed by atoms with Gasteiger partial charge in [-0.25, -0.2) is 0 Å². The Morgan fingerprint density at radius 2 is 1.87 bits per heavy atom. The molecule has 4 heteroatoms. The molecule has 3 rings (SSSR count). The van der Waals surface area contributed by atoms with E-state index in [0.29, 0.717) is 6.04 Å². The number of hydrogen-bond donors (Lipinski definition) is 1. The van der Waals surface area contributed by atoms with E-state index in [0.717, 1.165) is 29.7 Å². The molecule has 23 heavy (non-hydrogen) atoms. The van der Waals surface area contributed by atoms with E-state index in [1.165, 1.54) is 18.5 Å². The number of nitrogens with one attached hydrogen (secondary N) is 1. The van der Waals surface area contributed by atoms with Crippen LogP contribution in [0.2, 0.25) is 0 Å². The van der Waals surface area contributed by atoms with Gasteiger partial charge in [-0.15, -0.1) is 0 Å². The van der Waals surface area contributed by atoms with E-state index in [9.17, 15) is 0 Å². The zero-order valence-electron chi connectivity index (χ0n) is 13.9. The molecule has 1 saturated heterocycles. The summed E-state index contributed by atoms with van der Waals surface area (Å²) in [5, 5.41) is 4.24. The molecule has 2 aromatic rings. The summed E-state index contributed by atoms with van der Waals surface area (Å²) in [6, 6.07) is 14.9. The van der Waals surface area contributed by atoms with Crippen LogP contribution in [0.3, 0.4) is 0 Å². The maximum atomic E-state index is 5.75. The third-order valence-electron chi connectivity index (χ3n) is 4.78. The summed E-state index contributed by atoms with van der Waals surface area (Å²) < 4.78 is 2.22. The maximum absolute atomic E-state index is 5.75. The summed E-state index contributed by atoms with van der Waals surface area (Å²) in [6.45, 7) is 3.36. The van der Waals surface area contributed by atoms with Crippen molar-refractivity contribution in [3.63, 3.8) is 0 Å². The van der Waals surface area contributed by atoms with Gasteiger partial charge in [-0.1, -0.05) is 25.1 Å². The van der Waals surface area contributed by atoms with Gasteiger partial charge in [0.2, 0.25) is 0 Å². The van der Waals surface area contributed by atoms with Gasteiger partial charge in [-0.3, -0.25) is 0 Å². The fourth-order valence-corrected chi connectivity index (χ4v) is 3.68. The monoisotopic (exact) mass is 327 g/mol. The first-order valence-corrected chi connectivity index (χ1v) is 8.80. The van der Waals surface area contributed by atoms with Gasteiger partial charge in [0.15, 0.2) is 5.11 Å². The van der Waals surface area contributed by atoms with Crippen molar-refractivity contribution in [2.24, 2.45) is 13.0 Å². The van der Waals surface area contributed by atoms with Crippen LogP contribution in [0, 0.1) is 5.92 Å². The highest BCUT2D eigenvalue weighted by Gasteiger charge is 2.28. The lowest BCUT2D eigenvalue weighted by Crippen LogP contribution is -2.38. The average Bonchev–Trinajstić information content (AvgIpc) is 2.87. The second-order valence-electron chi connectivity index (χ2n) is 6.52. The summed E-state index contributed by atoms with van der Waals surface area (Å²) in [7, 11) is 2.12. The molecule has 0 saturated carbocycles. The second kappa shape index (κ2) is 7.18. The summed E-state index contributed by atoms with van der Waals surface area (Å²) in [6.07, 6.45) is 5.71. The largest absolute Gasteiger partial charge is 0.353 e. The number of aromatic nitrogens is 1. The van der Waals surface area contributed by atoms with Gasteiger partial charge in [0, 0.05) is 31.2 Å². The molecule has 3 nitrogen and oxygen atoms in total. The Balaban J connectivity index is 1.83. The summed E-state index contributed by atoms with van der Waals surface area (Å²) in [4.78, 5) is 2.38. The standard InChI is InChI=1S/C19H25N3S/c1-15-10-11-18(17-9-6-13-21(17)2)22(14-12-15)19(23)20-16-7-4-3-5-8-16/h3-9,13,15,18H,10-12,14H2,1-2H3,(H,20,23). The van der Waals surface area contributed by atoms with Crippen LogP contribution in [-0.4, -0.2) is 21.1 Å². The Kier molecular flexibility index (Phi) is 5.01. The van der Waals surface area contributed by atoms with Crippen molar-refractivity contribution >= 4 is 23.0 Å². The number of anilines is 1. The number of likely N-dealkylation sites (tertiary alicyclic amines) is 1. The second-order valence-corrected chi connectivity index (χ2v) is 6.91. The van der Waals surface area contributed by atoms with Crippen molar-refractivity contribution in [1.29, 1.82) is 0 Å². The lowest BCUT2D eigenvalue weighted by atomic mass is 10.0. The molecule has 1 aliphatic rings. The molecule has 1 fully saturated rings. The first-order valence-electron chi connectivity index (χ1n) is 8.39. The van der Waals surface area contributed by atoms with Gasteiger partial charge in [-0.05, 0) is 61.7 Å². The van der Waals surface area contributed by atoms with Gasteiger partial charge in [0.05, 0.1) is 6.04 Å². The van der Waals surface area contributed by atoms with E-state index in [1.54, 1.807) is 0 Å². The quantitative estimate of drug-likeness (QED) is 0.815. The highest BCUT2D eigenvalue weighted by Crippen LogP contribution is 2.32. The van der Waals surface area contributed by atoms with Crippen molar-refractivity contribution in [3.8, 4) is 0 Å². The van der Waals surface area contributed by atoms with Crippen molar-refractivity contribution in [1.82, 2.24) is 9.47 Å². The number of rotatable bonds is 2. The molecule has 0 bridgehead atoms. The summed E-state index contributed by atoms with van der Waals surface area (Å²) in [5.41, 5.74) is 2.40. The maximum Gasteiger partial charge on any atom is 0.173 e. The first-order chi connectivity index (χ1) is 11.1. The molecule has 1 N–H and O–H groups in total. The Morgan fingerprint density at radius 1 is 1.09 bits per heavy atom. The Morgan fingerprint density at radius 3 is 2.57 bits per heavy atom. The van der Waals surface area contributed by atoms with E-state index < -0.39 is 0 Å². The SMILES string of the molecule is CC1CCC(c2cccn2C)N(C(=S)Nc2ccccc2)CC1. The fourth-order valence-electron chi connectivity index (χ4n) is 3.35. The Hall–Kier alpha value is -1.81. The minimum Gasteiger partial charge on any atom is -0.353 e. The van der Waals surface area contributed by atoms with E-state index >= 15 is 0 Å². The molecular weight excluding hydrogens is 302 g/mol. The number of hydrogen-bond acceptors (Lipinski definition) is 1. The zero-order chi connectivity index (χ0) is 16.2. The van der Waals surface area contributed by atoms with E-state index in [2.05, 4.69) is 59.2 Å². The summed E-state index contributed by atoms with van der Waals surface area (Å²) >= 11 is 5.75. The van der Waals surface area contributed by atoms with Crippen LogP contribution in [0.25, 0.3) is 0 Å². The third kappa shape index (κ3) is 3.75. The predicted octanol–water partition coefficient (Wildman–Crippen LogP) is 4.59. The molecule has 0 radical (unpaired) electrons. The van der Waals surface area contributed by atoms with E-state index in [4.69, 9.17) is 12.2 Å². The van der Waals surface area contributed by atoms with Gasteiger partial charge in [-0.2, -0.15) is 0 Å². The van der Waals surface area contributed by atoms with Crippen LogP contribution in [-0.2, 0) is 7.05 Å². The summed E-state index contributed by atoms with van der Waals surface area (Å²) in [5.74, 6) is 0.752.